The number of nitro groups is 1. The van der Waals surface area contributed by atoms with Gasteiger partial charge in [0.2, 0.25) is 0 Å². The summed E-state index contributed by atoms with van der Waals surface area (Å²) in [6.07, 6.45) is 0. The topological polar surface area (TPSA) is 86.5 Å². The van der Waals surface area contributed by atoms with Crippen LogP contribution in [0.3, 0.4) is 0 Å². The number of esters is 1. The van der Waals surface area contributed by atoms with Gasteiger partial charge < -0.3 is 4.74 Å². The van der Waals surface area contributed by atoms with Gasteiger partial charge in [-0.2, -0.15) is 0 Å². The Kier molecular flexibility index (Phi) is 5.47. The number of benzene rings is 1. The van der Waals surface area contributed by atoms with Gasteiger partial charge in [0, 0.05) is 6.07 Å². The highest BCUT2D eigenvalue weighted by Crippen LogP contribution is 2.39. The molecule has 2 atom stereocenters. The molecule has 0 amide bonds. The summed E-state index contributed by atoms with van der Waals surface area (Å²) in [6, 6.07) is 4.01. The zero-order valence-electron chi connectivity index (χ0n) is 10.6. The molecule has 0 saturated carbocycles. The molecule has 0 radical (unpaired) electrons. The van der Waals surface area contributed by atoms with Crippen molar-refractivity contribution in [2.24, 2.45) is 5.92 Å². The van der Waals surface area contributed by atoms with Gasteiger partial charge in [-0.1, -0.05) is 23.7 Å². The maximum atomic E-state index is 11.6. The number of methoxy groups -OCH3 is 1. The van der Waals surface area contributed by atoms with Crippen LogP contribution in [-0.2, 0) is 14.3 Å². The van der Waals surface area contributed by atoms with Gasteiger partial charge in [-0.05, 0) is 12.5 Å². The molecule has 1 rings (SSSR count). The van der Waals surface area contributed by atoms with E-state index in [0.717, 1.165) is 7.11 Å². The van der Waals surface area contributed by atoms with Crippen LogP contribution in [-0.4, -0.2) is 23.8 Å². The molecule has 1 aromatic rings. The fraction of sp³-hybridized carbons (Fsp3) is 0.333. The van der Waals surface area contributed by atoms with Gasteiger partial charge in [-0.25, -0.2) is 0 Å². The summed E-state index contributed by atoms with van der Waals surface area (Å²) in [7, 11) is 1.12. The van der Waals surface area contributed by atoms with Gasteiger partial charge in [0.1, 0.15) is 16.7 Å². The van der Waals surface area contributed by atoms with Crippen LogP contribution in [0.15, 0.2) is 18.2 Å². The fourth-order valence-corrected chi connectivity index (χ4v) is 2.52. The van der Waals surface area contributed by atoms with Crippen LogP contribution in [0.1, 0.15) is 17.9 Å². The number of nitrogens with zero attached hydrogens (tertiary/aromatic N) is 1. The highest BCUT2D eigenvalue weighted by molar-refractivity contribution is 6.35. The van der Waals surface area contributed by atoms with Gasteiger partial charge in [-0.3, -0.25) is 19.7 Å². The lowest BCUT2D eigenvalue weighted by Crippen LogP contribution is -2.27. The van der Waals surface area contributed by atoms with Crippen LogP contribution in [0.5, 0.6) is 0 Å². The van der Waals surface area contributed by atoms with Crippen molar-refractivity contribution in [3.05, 3.63) is 38.9 Å². The first-order valence-corrected chi connectivity index (χ1v) is 6.27. The third-order valence-electron chi connectivity index (χ3n) is 2.69. The smallest absolute Gasteiger partial charge is 0.318 e. The van der Waals surface area contributed by atoms with E-state index in [1.165, 1.54) is 25.1 Å². The van der Waals surface area contributed by atoms with Crippen LogP contribution in [0.4, 0.5) is 5.69 Å². The molecule has 0 heterocycles. The molecule has 20 heavy (non-hydrogen) atoms. The third kappa shape index (κ3) is 3.26. The van der Waals surface area contributed by atoms with Crippen LogP contribution in [0.2, 0.25) is 5.02 Å². The first kappa shape index (κ1) is 16.4. The summed E-state index contributed by atoms with van der Waals surface area (Å²) < 4.78 is 4.51. The van der Waals surface area contributed by atoms with Crippen molar-refractivity contribution in [1.29, 1.82) is 0 Å². The van der Waals surface area contributed by atoms with Crippen molar-refractivity contribution in [3.8, 4) is 0 Å². The number of hydrogen-bond donors (Lipinski definition) is 0. The zero-order chi connectivity index (χ0) is 15.4. The molecule has 0 aromatic heterocycles. The Bertz CT molecular complexity index is 561. The Morgan fingerprint density at radius 3 is 2.45 bits per heavy atom. The fourth-order valence-electron chi connectivity index (χ4n) is 1.69. The molecule has 108 valence electrons. The summed E-state index contributed by atoms with van der Waals surface area (Å²) in [4.78, 5) is 33.3. The lowest BCUT2D eigenvalue weighted by Gasteiger charge is -2.18. The SMILES string of the molecule is COC(=O)C(C(C)=O)C(Cl)c1cccc([N+](=O)[O-])c1Cl. The number of rotatable bonds is 5. The molecule has 0 bridgehead atoms. The summed E-state index contributed by atoms with van der Waals surface area (Å²) in [5.74, 6) is -2.61. The first-order chi connectivity index (χ1) is 9.31. The second kappa shape index (κ2) is 6.67. The van der Waals surface area contributed by atoms with Gasteiger partial charge in [0.25, 0.3) is 5.69 Å². The Morgan fingerprint density at radius 2 is 2.00 bits per heavy atom. The number of Topliss-reactive ketones (excluding diaryl/α,β-unsaturated/α-hetero) is 1. The van der Waals surface area contributed by atoms with E-state index in [0.29, 0.717) is 0 Å². The van der Waals surface area contributed by atoms with Crippen molar-refractivity contribution >= 4 is 40.6 Å². The molecular weight excluding hydrogens is 309 g/mol. The molecule has 8 heteroatoms. The van der Waals surface area contributed by atoms with Gasteiger partial charge in [-0.15, -0.1) is 11.6 Å². The van der Waals surface area contributed by atoms with Gasteiger partial charge in [0.05, 0.1) is 17.4 Å². The number of nitro benzene ring substituents is 1. The molecule has 6 nitrogen and oxygen atoms in total. The van der Waals surface area contributed by atoms with E-state index in [2.05, 4.69) is 4.74 Å². The molecule has 0 saturated heterocycles. The molecule has 0 aliphatic heterocycles. The lowest BCUT2D eigenvalue weighted by atomic mass is 9.95. The zero-order valence-corrected chi connectivity index (χ0v) is 12.1. The maximum Gasteiger partial charge on any atom is 0.318 e. The molecule has 0 spiro atoms. The number of halogens is 2. The van der Waals surface area contributed by atoms with Crippen LogP contribution < -0.4 is 0 Å². The number of carbonyl (C=O) groups excluding carboxylic acids is 2. The standard InChI is InChI=1S/C12H11Cl2NO5/c1-6(16)9(12(17)20-2)11(14)7-4-3-5-8(10(7)13)15(18)19/h3-5,9,11H,1-2H3. The largest absolute Gasteiger partial charge is 0.468 e. The van der Waals surface area contributed by atoms with E-state index in [-0.39, 0.29) is 16.3 Å². The van der Waals surface area contributed by atoms with E-state index in [1.54, 1.807) is 0 Å². The number of ether oxygens (including phenoxy) is 1. The average molecular weight is 320 g/mol. The van der Waals surface area contributed by atoms with Gasteiger partial charge in [0.15, 0.2) is 0 Å². The van der Waals surface area contributed by atoms with E-state index >= 15 is 0 Å². The van der Waals surface area contributed by atoms with Crippen molar-refractivity contribution < 1.29 is 19.2 Å². The monoisotopic (exact) mass is 319 g/mol. The molecular formula is C12H11Cl2NO5. The maximum absolute atomic E-state index is 11.6. The summed E-state index contributed by atoms with van der Waals surface area (Å²) in [5, 5.41) is 9.46. The summed E-state index contributed by atoms with van der Waals surface area (Å²) in [5.41, 5.74) is -0.213. The normalized spacial score (nSPS) is 13.4. The minimum absolute atomic E-state index is 0.133. The quantitative estimate of drug-likeness (QED) is 0.274. The van der Waals surface area contributed by atoms with Crippen molar-refractivity contribution in [2.45, 2.75) is 12.3 Å². The number of ketones is 1. The highest BCUT2D eigenvalue weighted by Gasteiger charge is 2.35. The van der Waals surface area contributed by atoms with Crippen LogP contribution in [0.25, 0.3) is 0 Å². The Balaban J connectivity index is 3.29. The molecule has 0 fully saturated rings. The first-order valence-electron chi connectivity index (χ1n) is 5.46. The summed E-state index contributed by atoms with van der Waals surface area (Å²) in [6.45, 7) is 1.18. The Labute approximate surface area is 124 Å². The van der Waals surface area contributed by atoms with E-state index < -0.39 is 28.0 Å². The second-order valence-corrected chi connectivity index (χ2v) is 4.80. The number of carbonyl (C=O) groups is 2. The molecule has 1 aromatic carbocycles. The minimum Gasteiger partial charge on any atom is -0.468 e. The Morgan fingerprint density at radius 1 is 1.40 bits per heavy atom. The number of alkyl halides is 1. The van der Waals surface area contributed by atoms with Crippen LogP contribution in [0, 0.1) is 16.0 Å². The van der Waals surface area contributed by atoms with Gasteiger partial charge >= 0.3 is 5.97 Å². The van der Waals surface area contributed by atoms with E-state index in [1.807, 2.05) is 0 Å². The van der Waals surface area contributed by atoms with Crippen LogP contribution >= 0.6 is 23.2 Å². The molecule has 0 aliphatic carbocycles. The molecule has 0 aliphatic rings. The van der Waals surface area contributed by atoms with E-state index in [9.17, 15) is 19.7 Å². The third-order valence-corrected chi connectivity index (χ3v) is 3.59. The highest BCUT2D eigenvalue weighted by atomic mass is 35.5. The second-order valence-electron chi connectivity index (χ2n) is 3.95. The number of hydrogen-bond acceptors (Lipinski definition) is 5. The van der Waals surface area contributed by atoms with Crippen molar-refractivity contribution in [2.75, 3.05) is 7.11 Å². The van der Waals surface area contributed by atoms with Crippen molar-refractivity contribution in [3.63, 3.8) is 0 Å². The molecule has 2 unspecified atom stereocenters. The average Bonchev–Trinajstić information content (AvgIpc) is 2.37. The lowest BCUT2D eigenvalue weighted by molar-refractivity contribution is -0.384. The minimum atomic E-state index is -1.28. The molecule has 0 N–H and O–H groups in total. The predicted octanol–water partition coefficient (Wildman–Crippen LogP) is 2.91. The Hall–Kier alpha value is -1.66. The summed E-state index contributed by atoms with van der Waals surface area (Å²) >= 11 is 12.0. The van der Waals surface area contributed by atoms with E-state index in [4.69, 9.17) is 23.2 Å². The van der Waals surface area contributed by atoms with Crippen molar-refractivity contribution in [1.82, 2.24) is 0 Å². The predicted molar refractivity (Wildman–Crippen MR) is 72.9 cm³/mol.